The number of carbonyl (C=O) groups excluding carboxylic acids is 1. The monoisotopic (exact) mass is 388 g/mol. The zero-order valence-corrected chi connectivity index (χ0v) is 16.0. The quantitative estimate of drug-likeness (QED) is 0.830. The fourth-order valence-corrected chi connectivity index (χ4v) is 3.84. The van der Waals surface area contributed by atoms with Crippen LogP contribution in [0.3, 0.4) is 0 Å². The third-order valence-electron chi connectivity index (χ3n) is 4.94. The van der Waals surface area contributed by atoms with Gasteiger partial charge < -0.3 is 20.5 Å². The number of rotatable bonds is 4. The normalized spacial score (nSPS) is 25.0. The van der Waals surface area contributed by atoms with E-state index < -0.39 is 5.54 Å². The Labute approximate surface area is 160 Å². The molecule has 5 nitrogen and oxygen atoms in total. The fourth-order valence-electron chi connectivity index (χ4n) is 3.55. The Bertz CT molecular complexity index is 623. The molecule has 1 aliphatic heterocycles. The maximum atomic E-state index is 12.4. The molecule has 1 heterocycles. The Kier molecular flexibility index (Phi) is 6.83. The first-order valence-corrected chi connectivity index (χ1v) is 9.00. The average Bonchev–Trinajstić information content (AvgIpc) is 2.54. The van der Waals surface area contributed by atoms with Crippen molar-refractivity contribution in [3.63, 3.8) is 0 Å². The van der Waals surface area contributed by atoms with Gasteiger partial charge in [-0.25, -0.2) is 0 Å². The molecule has 0 radical (unpaired) electrons. The molecule has 0 saturated heterocycles. The molecule has 1 aromatic rings. The van der Waals surface area contributed by atoms with Gasteiger partial charge in [0.1, 0.15) is 13.2 Å². The number of halogens is 2. The zero-order valence-electron chi connectivity index (χ0n) is 14.5. The van der Waals surface area contributed by atoms with E-state index in [1.807, 2.05) is 19.1 Å². The number of nitrogens with one attached hydrogen (secondary N) is 1. The number of fused-ring (bicyclic) bond motifs is 1. The van der Waals surface area contributed by atoms with Gasteiger partial charge in [-0.15, -0.1) is 12.4 Å². The number of ether oxygens (including phenoxy) is 2. The van der Waals surface area contributed by atoms with Crippen LogP contribution in [0.4, 0.5) is 0 Å². The van der Waals surface area contributed by atoms with E-state index in [-0.39, 0.29) is 24.2 Å². The van der Waals surface area contributed by atoms with Crippen LogP contribution in [0.5, 0.6) is 11.5 Å². The van der Waals surface area contributed by atoms with Crippen molar-refractivity contribution in [2.75, 3.05) is 19.8 Å². The summed E-state index contributed by atoms with van der Waals surface area (Å²) in [6.07, 6.45) is 4.64. The number of amides is 1. The van der Waals surface area contributed by atoms with E-state index in [9.17, 15) is 4.79 Å². The SMILES string of the molecule is CC1(N)CCCCC1C(=O)NCCc1cc(Cl)c2c(c1)OCCO2.Cl. The molecule has 0 aromatic heterocycles. The number of carbonyl (C=O) groups is 1. The van der Waals surface area contributed by atoms with Crippen molar-refractivity contribution in [2.24, 2.45) is 11.7 Å². The summed E-state index contributed by atoms with van der Waals surface area (Å²) < 4.78 is 11.1. The molecule has 0 spiro atoms. The lowest BCUT2D eigenvalue weighted by atomic mass is 9.74. The number of hydrogen-bond donors (Lipinski definition) is 2. The molecule has 1 aliphatic carbocycles. The minimum Gasteiger partial charge on any atom is -0.486 e. The van der Waals surface area contributed by atoms with Gasteiger partial charge in [-0.1, -0.05) is 24.4 Å². The van der Waals surface area contributed by atoms with Crippen molar-refractivity contribution in [3.05, 3.63) is 22.7 Å². The van der Waals surface area contributed by atoms with Gasteiger partial charge in [0.05, 0.1) is 10.9 Å². The second kappa shape index (κ2) is 8.47. The Balaban J connectivity index is 0.00000225. The number of nitrogens with two attached hydrogens (primary N) is 1. The van der Waals surface area contributed by atoms with Gasteiger partial charge in [-0.3, -0.25) is 4.79 Å². The Hall–Kier alpha value is -1.17. The van der Waals surface area contributed by atoms with E-state index in [0.29, 0.717) is 42.7 Å². The predicted molar refractivity (Wildman–Crippen MR) is 101 cm³/mol. The molecule has 3 N–H and O–H groups in total. The molecule has 1 amide bonds. The molecule has 0 bridgehead atoms. The maximum absolute atomic E-state index is 12.4. The highest BCUT2D eigenvalue weighted by Crippen LogP contribution is 2.38. The summed E-state index contributed by atoms with van der Waals surface area (Å²) in [6.45, 7) is 3.58. The van der Waals surface area contributed by atoms with E-state index in [1.54, 1.807) is 0 Å². The summed E-state index contributed by atoms with van der Waals surface area (Å²) in [4.78, 5) is 12.4. The third-order valence-corrected chi connectivity index (χ3v) is 5.22. The van der Waals surface area contributed by atoms with Gasteiger partial charge in [-0.05, 0) is 43.9 Å². The Morgan fingerprint density at radius 1 is 1.36 bits per heavy atom. The molecule has 2 unspecified atom stereocenters. The molecule has 140 valence electrons. The summed E-state index contributed by atoms with van der Waals surface area (Å²) in [6, 6.07) is 3.80. The van der Waals surface area contributed by atoms with Gasteiger partial charge in [0.2, 0.25) is 5.91 Å². The van der Waals surface area contributed by atoms with Crippen LogP contribution in [0.15, 0.2) is 12.1 Å². The van der Waals surface area contributed by atoms with E-state index in [4.69, 9.17) is 26.8 Å². The summed E-state index contributed by atoms with van der Waals surface area (Å²) >= 11 is 6.24. The minimum absolute atomic E-state index is 0. The second-order valence-corrected chi connectivity index (χ2v) is 7.35. The highest BCUT2D eigenvalue weighted by Gasteiger charge is 2.37. The smallest absolute Gasteiger partial charge is 0.224 e. The molecule has 3 rings (SSSR count). The summed E-state index contributed by atoms with van der Waals surface area (Å²) in [5.41, 5.74) is 6.91. The zero-order chi connectivity index (χ0) is 17.2. The maximum Gasteiger partial charge on any atom is 0.224 e. The fraction of sp³-hybridized carbons (Fsp3) is 0.611. The van der Waals surface area contributed by atoms with Crippen molar-refractivity contribution in [2.45, 2.75) is 44.6 Å². The number of hydrogen-bond acceptors (Lipinski definition) is 4. The van der Waals surface area contributed by atoms with E-state index in [1.165, 1.54) is 0 Å². The lowest BCUT2D eigenvalue weighted by Crippen LogP contribution is -2.53. The van der Waals surface area contributed by atoms with Crippen molar-refractivity contribution in [3.8, 4) is 11.5 Å². The highest BCUT2D eigenvalue weighted by atomic mass is 35.5. The van der Waals surface area contributed by atoms with Crippen LogP contribution in [0.2, 0.25) is 5.02 Å². The number of benzene rings is 1. The molecule has 2 atom stereocenters. The molecule has 1 fully saturated rings. The highest BCUT2D eigenvalue weighted by molar-refractivity contribution is 6.32. The molecule has 2 aliphatic rings. The van der Waals surface area contributed by atoms with Crippen LogP contribution in [-0.4, -0.2) is 31.2 Å². The summed E-state index contributed by atoms with van der Waals surface area (Å²) in [5.74, 6) is 1.24. The Morgan fingerprint density at radius 3 is 2.88 bits per heavy atom. The third kappa shape index (κ3) is 4.72. The molecule has 7 heteroatoms. The first-order valence-electron chi connectivity index (χ1n) is 8.62. The van der Waals surface area contributed by atoms with Crippen LogP contribution < -0.4 is 20.5 Å². The molecule has 1 saturated carbocycles. The van der Waals surface area contributed by atoms with E-state index in [2.05, 4.69) is 5.32 Å². The molecule has 25 heavy (non-hydrogen) atoms. The lowest BCUT2D eigenvalue weighted by Gasteiger charge is -2.37. The van der Waals surface area contributed by atoms with Gasteiger partial charge in [0.25, 0.3) is 0 Å². The van der Waals surface area contributed by atoms with Crippen LogP contribution in [0.1, 0.15) is 38.2 Å². The minimum atomic E-state index is -0.400. The van der Waals surface area contributed by atoms with Crippen molar-refractivity contribution in [1.29, 1.82) is 0 Å². The van der Waals surface area contributed by atoms with E-state index >= 15 is 0 Å². The molecular weight excluding hydrogens is 363 g/mol. The largest absolute Gasteiger partial charge is 0.486 e. The standard InChI is InChI=1S/C18H25ClN2O3.ClH/c1-18(20)6-3-2-4-13(18)17(22)21-7-5-12-10-14(19)16-15(11-12)23-8-9-24-16;/h10-11,13H,2-9,20H2,1H3,(H,21,22);1H. The summed E-state index contributed by atoms with van der Waals surface area (Å²) in [5, 5.41) is 3.57. The molecule has 1 aromatic carbocycles. The van der Waals surface area contributed by atoms with Crippen LogP contribution in [0.25, 0.3) is 0 Å². The van der Waals surface area contributed by atoms with Crippen molar-refractivity contribution in [1.82, 2.24) is 5.32 Å². The lowest BCUT2D eigenvalue weighted by molar-refractivity contribution is -0.128. The van der Waals surface area contributed by atoms with Crippen molar-refractivity contribution >= 4 is 29.9 Å². The second-order valence-electron chi connectivity index (χ2n) is 6.95. The van der Waals surface area contributed by atoms with Gasteiger partial charge >= 0.3 is 0 Å². The molecular formula is C18H26Cl2N2O3. The van der Waals surface area contributed by atoms with Crippen LogP contribution in [0, 0.1) is 5.92 Å². The van der Waals surface area contributed by atoms with Crippen LogP contribution >= 0.6 is 24.0 Å². The van der Waals surface area contributed by atoms with Crippen molar-refractivity contribution < 1.29 is 14.3 Å². The summed E-state index contributed by atoms with van der Waals surface area (Å²) in [7, 11) is 0. The van der Waals surface area contributed by atoms with Gasteiger partial charge in [-0.2, -0.15) is 0 Å². The predicted octanol–water partition coefficient (Wildman–Crippen LogP) is 3.10. The van der Waals surface area contributed by atoms with E-state index in [0.717, 1.165) is 31.2 Å². The topological polar surface area (TPSA) is 73.6 Å². The van der Waals surface area contributed by atoms with Gasteiger partial charge in [0, 0.05) is 12.1 Å². The van der Waals surface area contributed by atoms with Crippen LogP contribution in [-0.2, 0) is 11.2 Å². The first-order chi connectivity index (χ1) is 11.5. The average molecular weight is 389 g/mol. The first kappa shape index (κ1) is 20.1. The van der Waals surface area contributed by atoms with Gasteiger partial charge in [0.15, 0.2) is 11.5 Å². The Morgan fingerprint density at radius 2 is 2.12 bits per heavy atom.